The number of carboxylic acid groups (broad SMARTS) is 1. The molecule has 1 aliphatic rings. The quantitative estimate of drug-likeness (QED) is 0.708. The topological polar surface area (TPSA) is 83.5 Å². The summed E-state index contributed by atoms with van der Waals surface area (Å²) in [6.07, 6.45) is 3.16. The van der Waals surface area contributed by atoms with Crippen molar-refractivity contribution in [2.24, 2.45) is 5.92 Å². The molecule has 0 saturated heterocycles. The number of rotatable bonds is 6. The van der Waals surface area contributed by atoms with Gasteiger partial charge in [0.05, 0.1) is 10.5 Å². The van der Waals surface area contributed by atoms with Crippen molar-refractivity contribution in [3.8, 4) is 0 Å². The number of benzene rings is 1. The van der Waals surface area contributed by atoms with Crippen LogP contribution in [-0.2, 0) is 10.0 Å². The Kier molecular flexibility index (Phi) is 4.70. The Morgan fingerprint density at radius 1 is 1.50 bits per heavy atom. The van der Waals surface area contributed by atoms with E-state index in [4.69, 9.17) is 5.11 Å². The van der Waals surface area contributed by atoms with Gasteiger partial charge in [-0.1, -0.05) is 12.8 Å². The van der Waals surface area contributed by atoms with E-state index in [-0.39, 0.29) is 16.5 Å². The summed E-state index contributed by atoms with van der Waals surface area (Å²) in [6, 6.07) is 4.00. The highest BCUT2D eigenvalue weighted by Gasteiger charge is 2.26. The fourth-order valence-corrected chi connectivity index (χ4v) is 3.92. The standard InChI is InChI=1S/C13H16INO4S/c1-8(6-9-2-3-9)15-20(18,19)10-4-5-12(14)11(7-10)13(16)17/h4-5,7-9,15H,2-3,6H2,1H3,(H,16,17). The molecular formula is C13H16INO4S. The van der Waals surface area contributed by atoms with E-state index in [1.165, 1.54) is 31.0 Å². The summed E-state index contributed by atoms with van der Waals surface area (Å²) in [5, 5.41) is 9.04. The number of hydrogen-bond acceptors (Lipinski definition) is 3. The summed E-state index contributed by atoms with van der Waals surface area (Å²) in [6.45, 7) is 1.83. The van der Waals surface area contributed by atoms with Gasteiger partial charge in [-0.25, -0.2) is 17.9 Å². The predicted octanol–water partition coefficient (Wildman–Crippen LogP) is 2.46. The molecule has 0 radical (unpaired) electrons. The molecule has 1 saturated carbocycles. The van der Waals surface area contributed by atoms with E-state index in [0.29, 0.717) is 9.49 Å². The molecule has 1 aliphatic carbocycles. The van der Waals surface area contributed by atoms with Gasteiger partial charge in [-0.3, -0.25) is 0 Å². The van der Waals surface area contributed by atoms with Crippen molar-refractivity contribution < 1.29 is 18.3 Å². The van der Waals surface area contributed by atoms with Crippen LogP contribution in [0.15, 0.2) is 23.1 Å². The van der Waals surface area contributed by atoms with Gasteiger partial charge in [0.1, 0.15) is 0 Å². The maximum atomic E-state index is 12.2. The third-order valence-electron chi connectivity index (χ3n) is 3.22. The third-order valence-corrected chi connectivity index (χ3v) is 5.75. The highest BCUT2D eigenvalue weighted by atomic mass is 127. The van der Waals surface area contributed by atoms with Crippen molar-refractivity contribution in [2.75, 3.05) is 0 Å². The van der Waals surface area contributed by atoms with Gasteiger partial charge in [-0.05, 0) is 60.1 Å². The van der Waals surface area contributed by atoms with Crippen LogP contribution in [0.4, 0.5) is 0 Å². The molecule has 1 unspecified atom stereocenters. The summed E-state index contributed by atoms with van der Waals surface area (Å²) in [5.41, 5.74) is 0.00307. The molecule has 110 valence electrons. The largest absolute Gasteiger partial charge is 0.478 e. The summed E-state index contributed by atoms with van der Waals surface area (Å²) in [4.78, 5) is 11.1. The van der Waals surface area contributed by atoms with Gasteiger partial charge in [-0.15, -0.1) is 0 Å². The van der Waals surface area contributed by atoms with E-state index in [1.54, 1.807) is 0 Å². The lowest BCUT2D eigenvalue weighted by molar-refractivity contribution is 0.0695. The summed E-state index contributed by atoms with van der Waals surface area (Å²) in [5.74, 6) is -0.503. The Balaban J connectivity index is 2.19. The van der Waals surface area contributed by atoms with Crippen LogP contribution in [0.5, 0.6) is 0 Å². The number of hydrogen-bond donors (Lipinski definition) is 2. The van der Waals surface area contributed by atoms with Crippen LogP contribution in [0, 0.1) is 9.49 Å². The molecule has 0 heterocycles. The van der Waals surface area contributed by atoms with Crippen molar-refractivity contribution in [2.45, 2.75) is 37.1 Å². The Morgan fingerprint density at radius 2 is 2.15 bits per heavy atom. The molecule has 7 heteroatoms. The van der Waals surface area contributed by atoms with Crippen LogP contribution in [0.1, 0.15) is 36.5 Å². The Morgan fingerprint density at radius 3 is 2.70 bits per heavy atom. The van der Waals surface area contributed by atoms with Crippen molar-refractivity contribution >= 4 is 38.6 Å². The van der Waals surface area contributed by atoms with Gasteiger partial charge >= 0.3 is 5.97 Å². The second-order valence-electron chi connectivity index (χ2n) is 5.15. The Labute approximate surface area is 132 Å². The van der Waals surface area contributed by atoms with E-state index in [1.807, 2.05) is 29.5 Å². The van der Waals surface area contributed by atoms with Crippen LogP contribution >= 0.6 is 22.6 Å². The maximum absolute atomic E-state index is 12.2. The molecule has 1 aromatic rings. The lowest BCUT2D eigenvalue weighted by Gasteiger charge is -2.14. The maximum Gasteiger partial charge on any atom is 0.336 e. The molecule has 5 nitrogen and oxygen atoms in total. The highest BCUT2D eigenvalue weighted by Crippen LogP contribution is 2.33. The normalized spacial score (nSPS) is 16.9. The van der Waals surface area contributed by atoms with E-state index >= 15 is 0 Å². The monoisotopic (exact) mass is 409 g/mol. The molecule has 1 aromatic carbocycles. The summed E-state index contributed by atoms with van der Waals surface area (Å²) >= 11 is 1.87. The predicted molar refractivity (Wildman–Crippen MR) is 83.2 cm³/mol. The van der Waals surface area contributed by atoms with Gasteiger partial charge in [-0.2, -0.15) is 0 Å². The fourth-order valence-electron chi connectivity index (χ4n) is 2.07. The molecule has 20 heavy (non-hydrogen) atoms. The zero-order valence-electron chi connectivity index (χ0n) is 11.0. The first-order valence-electron chi connectivity index (χ1n) is 6.35. The Bertz CT molecular complexity index is 625. The SMILES string of the molecule is CC(CC1CC1)NS(=O)(=O)c1ccc(I)c(C(=O)O)c1. The molecule has 2 rings (SSSR count). The number of carbonyl (C=O) groups is 1. The van der Waals surface area contributed by atoms with Crippen LogP contribution in [0.3, 0.4) is 0 Å². The van der Waals surface area contributed by atoms with Gasteiger partial charge in [0.15, 0.2) is 0 Å². The second kappa shape index (κ2) is 5.98. The zero-order chi connectivity index (χ0) is 14.9. The number of nitrogens with one attached hydrogen (secondary N) is 1. The number of sulfonamides is 1. The molecular weight excluding hydrogens is 393 g/mol. The van der Waals surface area contributed by atoms with E-state index < -0.39 is 16.0 Å². The molecule has 0 aromatic heterocycles. The minimum absolute atomic E-state index is 0.00189. The van der Waals surface area contributed by atoms with Crippen molar-refractivity contribution in [3.05, 3.63) is 27.3 Å². The molecule has 0 amide bonds. The summed E-state index contributed by atoms with van der Waals surface area (Å²) < 4.78 is 27.6. The number of aromatic carboxylic acids is 1. The molecule has 0 spiro atoms. The summed E-state index contributed by atoms with van der Waals surface area (Å²) in [7, 11) is -3.67. The van der Waals surface area contributed by atoms with E-state index in [0.717, 1.165) is 6.42 Å². The smallest absolute Gasteiger partial charge is 0.336 e. The molecule has 1 atom stereocenters. The third kappa shape index (κ3) is 3.92. The van der Waals surface area contributed by atoms with Gasteiger partial charge in [0, 0.05) is 9.61 Å². The average Bonchev–Trinajstić information content (AvgIpc) is 3.11. The van der Waals surface area contributed by atoms with Crippen LogP contribution in [-0.4, -0.2) is 25.5 Å². The highest BCUT2D eigenvalue weighted by molar-refractivity contribution is 14.1. The minimum Gasteiger partial charge on any atom is -0.478 e. The molecule has 0 aliphatic heterocycles. The van der Waals surface area contributed by atoms with Crippen molar-refractivity contribution in [1.82, 2.24) is 4.72 Å². The van der Waals surface area contributed by atoms with Gasteiger partial charge < -0.3 is 5.11 Å². The minimum atomic E-state index is -3.67. The molecule has 0 bridgehead atoms. The second-order valence-corrected chi connectivity index (χ2v) is 8.02. The lowest BCUT2D eigenvalue weighted by atomic mass is 10.2. The fraction of sp³-hybridized carbons (Fsp3) is 0.462. The van der Waals surface area contributed by atoms with Crippen LogP contribution < -0.4 is 4.72 Å². The lowest BCUT2D eigenvalue weighted by Crippen LogP contribution is -2.33. The molecule has 2 N–H and O–H groups in total. The van der Waals surface area contributed by atoms with Crippen molar-refractivity contribution in [3.63, 3.8) is 0 Å². The molecule has 1 fully saturated rings. The van der Waals surface area contributed by atoms with E-state index in [2.05, 4.69) is 4.72 Å². The first-order chi connectivity index (χ1) is 9.29. The van der Waals surface area contributed by atoms with Gasteiger partial charge in [0.25, 0.3) is 0 Å². The first kappa shape index (κ1) is 15.7. The van der Waals surface area contributed by atoms with Crippen LogP contribution in [0.2, 0.25) is 0 Å². The van der Waals surface area contributed by atoms with Crippen molar-refractivity contribution in [1.29, 1.82) is 0 Å². The first-order valence-corrected chi connectivity index (χ1v) is 8.91. The van der Waals surface area contributed by atoms with Crippen LogP contribution in [0.25, 0.3) is 0 Å². The van der Waals surface area contributed by atoms with E-state index in [9.17, 15) is 13.2 Å². The average molecular weight is 409 g/mol. The zero-order valence-corrected chi connectivity index (χ0v) is 13.9. The number of halogens is 1. The Hall–Kier alpha value is -0.670. The number of carboxylic acids is 1. The van der Waals surface area contributed by atoms with Gasteiger partial charge in [0.2, 0.25) is 10.0 Å².